The van der Waals surface area contributed by atoms with Crippen LogP contribution in [0.3, 0.4) is 0 Å². The largest absolute Gasteiger partial charge is 0.495 e. The molecule has 16 heavy (non-hydrogen) atoms. The molecule has 0 N–H and O–H groups in total. The topological polar surface area (TPSA) is 12.5 Å². The number of rotatable bonds is 1. The molecule has 1 aromatic carbocycles. The number of allylic oxidation sites excluding steroid dienone is 1. The number of fused-ring (bicyclic) bond motifs is 1. The van der Waals surface area contributed by atoms with E-state index >= 15 is 0 Å². The highest BCUT2D eigenvalue weighted by molar-refractivity contribution is 6.31. The summed E-state index contributed by atoms with van der Waals surface area (Å²) in [6.07, 6.45) is 0. The zero-order valence-electron chi connectivity index (χ0n) is 10.1. The van der Waals surface area contributed by atoms with E-state index in [1.807, 2.05) is 19.2 Å². The fraction of sp³-hybridized carbons (Fsp3) is 0.385. The van der Waals surface area contributed by atoms with Crippen molar-refractivity contribution in [3.8, 4) is 5.75 Å². The summed E-state index contributed by atoms with van der Waals surface area (Å²) in [5.74, 6) is 0.803. The molecular weight excluding hydrogens is 222 g/mol. The summed E-state index contributed by atoms with van der Waals surface area (Å²) >= 11 is 6.10. The van der Waals surface area contributed by atoms with Gasteiger partial charge < -0.3 is 9.64 Å². The molecule has 0 fully saturated rings. The van der Waals surface area contributed by atoms with Gasteiger partial charge in [0.05, 0.1) is 12.8 Å². The number of halogens is 1. The first kappa shape index (κ1) is 11.3. The zero-order valence-corrected chi connectivity index (χ0v) is 10.9. The monoisotopic (exact) mass is 237 g/mol. The summed E-state index contributed by atoms with van der Waals surface area (Å²) in [5, 5.41) is 0.701. The lowest BCUT2D eigenvalue weighted by Gasteiger charge is -2.22. The van der Waals surface area contributed by atoms with E-state index in [4.69, 9.17) is 16.3 Å². The maximum atomic E-state index is 6.10. The predicted octanol–water partition coefficient (Wildman–Crippen LogP) is 3.59. The van der Waals surface area contributed by atoms with Gasteiger partial charge in [0.15, 0.2) is 0 Å². The Bertz CT molecular complexity index is 465. The summed E-state index contributed by atoms with van der Waals surface area (Å²) in [6, 6.07) is 3.83. The van der Waals surface area contributed by atoms with Crippen LogP contribution in [-0.2, 0) is 5.41 Å². The van der Waals surface area contributed by atoms with E-state index in [1.165, 1.54) is 5.56 Å². The van der Waals surface area contributed by atoms with Crippen molar-refractivity contribution in [2.45, 2.75) is 19.3 Å². The zero-order chi connectivity index (χ0) is 12.1. The maximum absolute atomic E-state index is 6.10. The molecular formula is C13H16ClNO. The number of ether oxygens (including phenoxy) is 1. The highest BCUT2D eigenvalue weighted by atomic mass is 35.5. The van der Waals surface area contributed by atoms with Crippen LogP contribution < -0.4 is 9.64 Å². The summed E-state index contributed by atoms with van der Waals surface area (Å²) in [5.41, 5.74) is 3.21. The van der Waals surface area contributed by atoms with E-state index in [2.05, 4.69) is 25.3 Å². The van der Waals surface area contributed by atoms with Gasteiger partial charge in [0.2, 0.25) is 0 Å². The second-order valence-electron chi connectivity index (χ2n) is 4.63. The second kappa shape index (κ2) is 3.42. The van der Waals surface area contributed by atoms with Crippen LogP contribution >= 0.6 is 11.6 Å². The van der Waals surface area contributed by atoms with Gasteiger partial charge in [0.25, 0.3) is 0 Å². The molecule has 2 rings (SSSR count). The number of hydrogen-bond donors (Lipinski definition) is 0. The molecule has 0 bridgehead atoms. The summed E-state index contributed by atoms with van der Waals surface area (Å²) < 4.78 is 5.38. The lowest BCUT2D eigenvalue weighted by atomic mass is 9.84. The fourth-order valence-electron chi connectivity index (χ4n) is 2.26. The van der Waals surface area contributed by atoms with E-state index in [1.54, 1.807) is 7.11 Å². The third kappa shape index (κ3) is 1.33. The van der Waals surface area contributed by atoms with Crippen molar-refractivity contribution in [2.75, 3.05) is 19.1 Å². The normalized spacial score (nSPS) is 17.6. The molecule has 3 heteroatoms. The van der Waals surface area contributed by atoms with E-state index in [9.17, 15) is 0 Å². The predicted molar refractivity (Wildman–Crippen MR) is 68.6 cm³/mol. The molecule has 0 radical (unpaired) electrons. The standard InChI is InChI=1S/C13H16ClNO/c1-8-13(2,3)10-6-9(14)7-11(16-5)12(10)15(8)4/h6-7H,1H2,2-5H3. The molecule has 0 saturated heterocycles. The van der Waals surface area contributed by atoms with Crippen LogP contribution in [0.4, 0.5) is 5.69 Å². The van der Waals surface area contributed by atoms with Crippen LogP contribution in [0.1, 0.15) is 19.4 Å². The van der Waals surface area contributed by atoms with Crippen LogP contribution in [0.25, 0.3) is 0 Å². The molecule has 0 aliphatic carbocycles. The van der Waals surface area contributed by atoms with Gasteiger partial charge in [-0.05, 0) is 11.6 Å². The molecule has 1 heterocycles. The number of likely N-dealkylation sites (N-methyl/N-ethyl adjacent to an activating group) is 1. The fourth-order valence-corrected chi connectivity index (χ4v) is 2.47. The molecule has 0 aromatic heterocycles. The van der Waals surface area contributed by atoms with Crippen LogP contribution in [-0.4, -0.2) is 14.2 Å². The van der Waals surface area contributed by atoms with Gasteiger partial charge in [-0.3, -0.25) is 0 Å². The summed E-state index contributed by atoms with van der Waals surface area (Å²) in [6.45, 7) is 8.43. The first-order valence-electron chi connectivity index (χ1n) is 5.20. The van der Waals surface area contributed by atoms with Crippen molar-refractivity contribution < 1.29 is 4.74 Å². The molecule has 0 saturated carbocycles. The average molecular weight is 238 g/mol. The third-order valence-corrected chi connectivity index (χ3v) is 3.61. The van der Waals surface area contributed by atoms with Gasteiger partial charge in [0, 0.05) is 29.2 Å². The van der Waals surface area contributed by atoms with Crippen LogP contribution in [0.5, 0.6) is 5.75 Å². The Morgan fingerprint density at radius 3 is 2.56 bits per heavy atom. The van der Waals surface area contributed by atoms with Crippen molar-refractivity contribution in [3.05, 3.63) is 35.0 Å². The van der Waals surface area contributed by atoms with Gasteiger partial charge in [-0.15, -0.1) is 0 Å². The minimum Gasteiger partial charge on any atom is -0.495 e. The van der Waals surface area contributed by atoms with Crippen molar-refractivity contribution in [3.63, 3.8) is 0 Å². The summed E-state index contributed by atoms with van der Waals surface area (Å²) in [7, 11) is 3.67. The molecule has 1 aromatic rings. The van der Waals surface area contributed by atoms with Gasteiger partial charge >= 0.3 is 0 Å². The van der Waals surface area contributed by atoms with Crippen molar-refractivity contribution in [1.29, 1.82) is 0 Å². The average Bonchev–Trinajstić information content (AvgIpc) is 2.40. The van der Waals surface area contributed by atoms with Crippen molar-refractivity contribution in [2.24, 2.45) is 0 Å². The molecule has 0 atom stereocenters. The summed E-state index contributed by atoms with van der Waals surface area (Å²) in [4.78, 5) is 2.07. The molecule has 86 valence electrons. The number of methoxy groups -OCH3 is 1. The molecule has 1 aliphatic rings. The van der Waals surface area contributed by atoms with Crippen LogP contribution in [0.2, 0.25) is 5.02 Å². The number of anilines is 1. The smallest absolute Gasteiger partial charge is 0.144 e. The Kier molecular flexibility index (Phi) is 2.43. The van der Waals surface area contributed by atoms with E-state index in [-0.39, 0.29) is 5.41 Å². The first-order valence-corrected chi connectivity index (χ1v) is 5.58. The van der Waals surface area contributed by atoms with Crippen LogP contribution in [0, 0.1) is 0 Å². The lowest BCUT2D eigenvalue weighted by Crippen LogP contribution is -2.21. The molecule has 0 unspecified atom stereocenters. The number of benzene rings is 1. The minimum absolute atomic E-state index is 0.0950. The number of hydrogen-bond acceptors (Lipinski definition) is 2. The van der Waals surface area contributed by atoms with Gasteiger partial charge in [-0.1, -0.05) is 32.0 Å². The molecule has 0 spiro atoms. The SMILES string of the molecule is C=C1N(C)c2c(OC)cc(Cl)cc2C1(C)C. The lowest BCUT2D eigenvalue weighted by molar-refractivity contribution is 0.415. The van der Waals surface area contributed by atoms with Crippen molar-refractivity contribution in [1.82, 2.24) is 0 Å². The molecule has 2 nitrogen and oxygen atoms in total. The third-order valence-electron chi connectivity index (χ3n) is 3.39. The van der Waals surface area contributed by atoms with Crippen LogP contribution in [0.15, 0.2) is 24.4 Å². The Balaban J connectivity index is 2.75. The highest BCUT2D eigenvalue weighted by Gasteiger charge is 2.39. The Morgan fingerprint density at radius 2 is 2.00 bits per heavy atom. The van der Waals surface area contributed by atoms with Crippen molar-refractivity contribution >= 4 is 17.3 Å². The molecule has 1 aliphatic heterocycles. The van der Waals surface area contributed by atoms with E-state index < -0.39 is 0 Å². The first-order chi connectivity index (χ1) is 7.39. The Labute approximate surface area is 101 Å². The maximum Gasteiger partial charge on any atom is 0.144 e. The molecule has 0 amide bonds. The van der Waals surface area contributed by atoms with Gasteiger partial charge in [0.1, 0.15) is 5.75 Å². The Morgan fingerprint density at radius 1 is 1.38 bits per heavy atom. The minimum atomic E-state index is -0.0950. The van der Waals surface area contributed by atoms with E-state index in [0.717, 1.165) is 17.1 Å². The highest BCUT2D eigenvalue weighted by Crippen LogP contribution is 2.51. The van der Waals surface area contributed by atoms with Gasteiger partial charge in [-0.25, -0.2) is 0 Å². The quantitative estimate of drug-likeness (QED) is 0.740. The van der Waals surface area contributed by atoms with Gasteiger partial charge in [-0.2, -0.15) is 0 Å². The Hall–Kier alpha value is -1.15. The second-order valence-corrected chi connectivity index (χ2v) is 5.07. The number of nitrogens with zero attached hydrogens (tertiary/aromatic N) is 1. The van der Waals surface area contributed by atoms with E-state index in [0.29, 0.717) is 5.02 Å².